The predicted molar refractivity (Wildman–Crippen MR) is 106 cm³/mol. The molecule has 0 bridgehead atoms. The number of nitrogens with zero attached hydrogens (tertiary/aromatic N) is 3. The molecule has 0 aliphatic carbocycles. The Morgan fingerprint density at radius 1 is 1.12 bits per heavy atom. The van der Waals surface area contributed by atoms with E-state index in [1.165, 1.54) is 0 Å². The molecule has 4 aromatic rings. The van der Waals surface area contributed by atoms with E-state index in [9.17, 15) is 4.79 Å². The van der Waals surface area contributed by atoms with E-state index in [-0.39, 0.29) is 5.91 Å². The molecule has 6 heteroatoms. The number of rotatable bonds is 6. The molecule has 5 nitrogen and oxygen atoms in total. The highest BCUT2D eigenvalue weighted by Crippen LogP contribution is 2.22. The molecule has 130 valence electrons. The van der Waals surface area contributed by atoms with Gasteiger partial charge in [-0.15, -0.1) is 11.3 Å². The fraction of sp³-hybridized carbons (Fsp3) is 0.150. The molecule has 0 fully saturated rings. The minimum absolute atomic E-state index is 0.0975. The molecule has 0 saturated carbocycles. The summed E-state index contributed by atoms with van der Waals surface area (Å²) in [6, 6.07) is 16.0. The van der Waals surface area contributed by atoms with Crippen molar-refractivity contribution in [1.29, 1.82) is 0 Å². The maximum atomic E-state index is 12.0. The third-order valence-corrected chi connectivity index (χ3v) is 5.09. The van der Waals surface area contributed by atoms with Gasteiger partial charge in [-0.25, -0.2) is 9.97 Å². The van der Waals surface area contributed by atoms with Crippen LogP contribution in [0.25, 0.3) is 27.3 Å². The highest BCUT2D eigenvalue weighted by molar-refractivity contribution is 7.19. The lowest BCUT2D eigenvalue weighted by Crippen LogP contribution is -2.23. The molecular weight excluding hydrogens is 344 g/mol. The largest absolute Gasteiger partial charge is 0.352 e. The van der Waals surface area contributed by atoms with Crippen LogP contribution in [0.4, 0.5) is 0 Å². The fourth-order valence-electron chi connectivity index (χ4n) is 2.82. The van der Waals surface area contributed by atoms with Crippen molar-refractivity contribution in [1.82, 2.24) is 19.9 Å². The van der Waals surface area contributed by atoms with Gasteiger partial charge in [-0.05, 0) is 36.8 Å². The molecule has 4 rings (SSSR count). The third kappa shape index (κ3) is 3.65. The predicted octanol–water partition coefficient (Wildman–Crippen LogP) is 3.87. The second-order valence-electron chi connectivity index (χ2n) is 5.92. The van der Waals surface area contributed by atoms with Crippen LogP contribution in [0.15, 0.2) is 60.9 Å². The van der Waals surface area contributed by atoms with Gasteiger partial charge in [0.2, 0.25) is 5.91 Å². The summed E-state index contributed by atoms with van der Waals surface area (Å²) in [5.74, 6) is -0.0975. The Morgan fingerprint density at radius 2 is 1.92 bits per heavy atom. The van der Waals surface area contributed by atoms with Crippen LogP contribution < -0.4 is 5.32 Å². The Hall–Kier alpha value is -2.99. The highest BCUT2D eigenvalue weighted by atomic mass is 32.1. The first-order valence-electron chi connectivity index (χ1n) is 8.51. The smallest absolute Gasteiger partial charge is 0.244 e. The first-order chi connectivity index (χ1) is 12.8. The molecule has 0 unspecified atom stereocenters. The Bertz CT molecular complexity index is 1050. The molecule has 0 aliphatic heterocycles. The summed E-state index contributed by atoms with van der Waals surface area (Å²) in [4.78, 5) is 20.8. The zero-order valence-corrected chi connectivity index (χ0v) is 14.9. The number of aryl methyl sites for hydroxylation is 1. The van der Waals surface area contributed by atoms with Crippen molar-refractivity contribution in [3.05, 3.63) is 65.9 Å². The minimum atomic E-state index is -0.0975. The summed E-state index contributed by atoms with van der Waals surface area (Å²) in [5, 5.41) is 3.75. The molecular formula is C20H18N4OS. The SMILES string of the molecule is O=C(/C=C/c1nc2ccccc2s1)NCCCn1cnc2ccccc21. The van der Waals surface area contributed by atoms with Crippen molar-refractivity contribution in [2.45, 2.75) is 13.0 Å². The van der Waals surface area contributed by atoms with E-state index in [1.54, 1.807) is 23.5 Å². The normalized spacial score (nSPS) is 11.5. The van der Waals surface area contributed by atoms with Crippen LogP contribution in [0, 0.1) is 0 Å². The summed E-state index contributed by atoms with van der Waals surface area (Å²) < 4.78 is 3.23. The minimum Gasteiger partial charge on any atom is -0.352 e. The van der Waals surface area contributed by atoms with Crippen molar-refractivity contribution < 1.29 is 4.79 Å². The van der Waals surface area contributed by atoms with Gasteiger partial charge >= 0.3 is 0 Å². The molecule has 0 radical (unpaired) electrons. The van der Waals surface area contributed by atoms with Crippen LogP contribution in [0.1, 0.15) is 11.4 Å². The molecule has 1 amide bonds. The van der Waals surface area contributed by atoms with E-state index >= 15 is 0 Å². The zero-order chi connectivity index (χ0) is 17.8. The molecule has 1 N–H and O–H groups in total. The van der Waals surface area contributed by atoms with Gasteiger partial charge in [0.05, 0.1) is 27.6 Å². The van der Waals surface area contributed by atoms with E-state index in [4.69, 9.17) is 0 Å². The van der Waals surface area contributed by atoms with Gasteiger partial charge < -0.3 is 9.88 Å². The molecule has 0 aliphatic rings. The van der Waals surface area contributed by atoms with E-state index in [0.717, 1.165) is 39.2 Å². The number of imidazole rings is 1. The van der Waals surface area contributed by atoms with Gasteiger partial charge in [-0.3, -0.25) is 4.79 Å². The number of amides is 1. The van der Waals surface area contributed by atoms with E-state index in [0.29, 0.717) is 6.54 Å². The van der Waals surface area contributed by atoms with Gasteiger partial charge in [-0.2, -0.15) is 0 Å². The fourth-order valence-corrected chi connectivity index (χ4v) is 3.69. The Kier molecular flexibility index (Phi) is 4.75. The molecule has 26 heavy (non-hydrogen) atoms. The van der Waals surface area contributed by atoms with Crippen molar-refractivity contribution in [3.63, 3.8) is 0 Å². The molecule has 2 heterocycles. The third-order valence-electron chi connectivity index (χ3n) is 4.09. The van der Waals surface area contributed by atoms with Gasteiger partial charge in [-0.1, -0.05) is 24.3 Å². The molecule has 2 aromatic heterocycles. The first kappa shape index (κ1) is 16.5. The summed E-state index contributed by atoms with van der Waals surface area (Å²) in [7, 11) is 0. The van der Waals surface area contributed by atoms with E-state index in [2.05, 4.69) is 25.9 Å². The lowest BCUT2D eigenvalue weighted by atomic mass is 10.3. The number of para-hydroxylation sites is 3. The number of fused-ring (bicyclic) bond motifs is 2. The van der Waals surface area contributed by atoms with Gasteiger partial charge in [0.25, 0.3) is 0 Å². The molecule has 2 aromatic carbocycles. The summed E-state index contributed by atoms with van der Waals surface area (Å²) in [6.07, 6.45) is 6.01. The van der Waals surface area contributed by atoms with Gasteiger partial charge in [0.1, 0.15) is 5.01 Å². The van der Waals surface area contributed by atoms with Crippen LogP contribution in [-0.4, -0.2) is 27.0 Å². The average molecular weight is 362 g/mol. The average Bonchev–Trinajstić information content (AvgIpc) is 3.27. The second-order valence-corrected chi connectivity index (χ2v) is 6.99. The van der Waals surface area contributed by atoms with Gasteiger partial charge in [0.15, 0.2) is 0 Å². The number of carbonyl (C=O) groups excluding carboxylic acids is 1. The van der Waals surface area contributed by atoms with Crippen LogP contribution in [-0.2, 0) is 11.3 Å². The van der Waals surface area contributed by atoms with Crippen LogP contribution >= 0.6 is 11.3 Å². The first-order valence-corrected chi connectivity index (χ1v) is 9.32. The number of thiazole rings is 1. The lowest BCUT2D eigenvalue weighted by Gasteiger charge is -2.05. The highest BCUT2D eigenvalue weighted by Gasteiger charge is 2.02. The van der Waals surface area contributed by atoms with Crippen LogP contribution in [0.2, 0.25) is 0 Å². The van der Waals surface area contributed by atoms with Crippen molar-refractivity contribution in [2.24, 2.45) is 0 Å². The Morgan fingerprint density at radius 3 is 2.81 bits per heavy atom. The maximum absolute atomic E-state index is 12.0. The van der Waals surface area contributed by atoms with E-state index in [1.807, 2.05) is 48.8 Å². The Labute approximate surface area is 155 Å². The molecule has 0 atom stereocenters. The summed E-state index contributed by atoms with van der Waals surface area (Å²) >= 11 is 1.58. The number of carbonyl (C=O) groups is 1. The Balaban J connectivity index is 1.27. The summed E-state index contributed by atoms with van der Waals surface area (Å²) in [6.45, 7) is 1.44. The van der Waals surface area contributed by atoms with Gasteiger partial charge in [0, 0.05) is 19.2 Å². The van der Waals surface area contributed by atoms with Crippen molar-refractivity contribution in [3.8, 4) is 0 Å². The van der Waals surface area contributed by atoms with E-state index < -0.39 is 0 Å². The molecule has 0 saturated heterocycles. The zero-order valence-electron chi connectivity index (χ0n) is 14.1. The maximum Gasteiger partial charge on any atom is 0.244 e. The second kappa shape index (κ2) is 7.49. The number of aromatic nitrogens is 3. The number of hydrogen-bond acceptors (Lipinski definition) is 4. The van der Waals surface area contributed by atoms with Crippen LogP contribution in [0.5, 0.6) is 0 Å². The van der Waals surface area contributed by atoms with Crippen molar-refractivity contribution >= 4 is 44.6 Å². The number of hydrogen-bond donors (Lipinski definition) is 1. The lowest BCUT2D eigenvalue weighted by molar-refractivity contribution is -0.116. The van der Waals surface area contributed by atoms with Crippen LogP contribution in [0.3, 0.4) is 0 Å². The topological polar surface area (TPSA) is 59.8 Å². The number of benzene rings is 2. The van der Waals surface area contributed by atoms with Crippen molar-refractivity contribution in [2.75, 3.05) is 6.54 Å². The number of nitrogens with one attached hydrogen (secondary N) is 1. The quantitative estimate of drug-likeness (QED) is 0.418. The standard InChI is InChI=1S/C20H18N4OS/c25-19(10-11-20-23-16-7-2-4-9-18(16)26-20)21-12-5-13-24-14-22-15-6-1-3-8-17(15)24/h1-4,6-11,14H,5,12-13H2,(H,21,25)/b11-10+. The summed E-state index contributed by atoms with van der Waals surface area (Å²) in [5.41, 5.74) is 3.08. The monoisotopic (exact) mass is 362 g/mol. The molecule has 0 spiro atoms.